The fourth-order valence-corrected chi connectivity index (χ4v) is 4.12. The minimum atomic E-state index is -0.121. The van der Waals surface area contributed by atoms with E-state index in [1.165, 1.54) is 4.70 Å². The van der Waals surface area contributed by atoms with Crippen LogP contribution in [0.25, 0.3) is 10.2 Å². The molecule has 0 radical (unpaired) electrons. The lowest BCUT2D eigenvalue weighted by atomic mass is 10.1. The molecule has 3 aromatic rings. The number of aromatic nitrogens is 3. The van der Waals surface area contributed by atoms with Crippen molar-refractivity contribution in [1.82, 2.24) is 25.8 Å². The van der Waals surface area contributed by atoms with Crippen LogP contribution in [0, 0.1) is 0 Å². The number of nitrogens with zero attached hydrogens (tertiary/aromatic N) is 2. The second-order valence-corrected chi connectivity index (χ2v) is 7.23. The van der Waals surface area contributed by atoms with E-state index >= 15 is 0 Å². The van der Waals surface area contributed by atoms with Gasteiger partial charge in [0.25, 0.3) is 5.91 Å². The number of benzene rings is 1. The van der Waals surface area contributed by atoms with Gasteiger partial charge in [-0.05, 0) is 19.1 Å². The summed E-state index contributed by atoms with van der Waals surface area (Å²) in [7, 11) is 0. The molecule has 1 aliphatic rings. The first-order valence-corrected chi connectivity index (χ1v) is 8.94. The third-order valence-electron chi connectivity index (χ3n) is 4.22. The van der Waals surface area contributed by atoms with Gasteiger partial charge in [-0.15, -0.1) is 11.3 Å². The highest BCUT2D eigenvalue weighted by molar-refractivity contribution is 7.18. The Labute approximate surface area is 143 Å². The molecule has 0 spiro atoms. The molecule has 0 saturated carbocycles. The smallest absolute Gasteiger partial charge is 0.272 e. The molecular weight excluding hydrogens is 322 g/mol. The minimum absolute atomic E-state index is 0.00182. The van der Waals surface area contributed by atoms with Crippen LogP contribution in [0.1, 0.15) is 33.7 Å². The maximum atomic E-state index is 12.5. The Morgan fingerprint density at radius 1 is 1.42 bits per heavy atom. The van der Waals surface area contributed by atoms with Crippen molar-refractivity contribution in [2.75, 3.05) is 6.54 Å². The van der Waals surface area contributed by atoms with Crippen LogP contribution < -0.4 is 10.6 Å². The molecule has 0 saturated heterocycles. The molecule has 0 aliphatic carbocycles. The first-order valence-electron chi connectivity index (χ1n) is 8.13. The molecule has 1 aromatic carbocycles. The Hall–Kier alpha value is -2.25. The van der Waals surface area contributed by atoms with E-state index < -0.39 is 0 Å². The fraction of sp³-hybridized carbons (Fsp3) is 0.353. The molecular formula is C17H19N5OS. The summed E-state index contributed by atoms with van der Waals surface area (Å²) in [5, 5.41) is 14.6. The summed E-state index contributed by atoms with van der Waals surface area (Å²) >= 11 is 1.68. The van der Waals surface area contributed by atoms with Gasteiger partial charge in [-0.1, -0.05) is 12.1 Å². The summed E-state index contributed by atoms with van der Waals surface area (Å²) < 4.78 is 1.18. The average molecular weight is 341 g/mol. The van der Waals surface area contributed by atoms with Gasteiger partial charge in [0, 0.05) is 43.2 Å². The molecule has 4 rings (SSSR count). The standard InChI is InChI=1S/C17H19N5OS/c1-10(8-15-20-13-4-2-3-5-14(13)24-15)19-17(23)16-11-9-18-7-6-12(11)21-22-16/h2-5,10,18H,6-9H2,1H3,(H,19,23)(H,21,22). The van der Waals surface area contributed by atoms with Crippen molar-refractivity contribution in [3.63, 3.8) is 0 Å². The monoisotopic (exact) mass is 341 g/mol. The Bertz CT molecular complexity index is 851. The normalized spacial score (nSPS) is 15.2. The van der Waals surface area contributed by atoms with Crippen LogP contribution in [0.3, 0.4) is 0 Å². The molecule has 1 aliphatic heterocycles. The van der Waals surface area contributed by atoms with Gasteiger partial charge in [-0.25, -0.2) is 4.98 Å². The number of aromatic amines is 1. The number of carbonyl (C=O) groups is 1. The molecule has 124 valence electrons. The van der Waals surface area contributed by atoms with E-state index in [2.05, 4.69) is 31.9 Å². The van der Waals surface area contributed by atoms with Crippen LogP contribution in [0.5, 0.6) is 0 Å². The predicted molar refractivity (Wildman–Crippen MR) is 94.3 cm³/mol. The number of hydrogen-bond donors (Lipinski definition) is 3. The van der Waals surface area contributed by atoms with Crippen molar-refractivity contribution in [2.24, 2.45) is 0 Å². The van der Waals surface area contributed by atoms with E-state index in [4.69, 9.17) is 0 Å². The SMILES string of the molecule is CC(Cc1nc2ccccc2s1)NC(=O)c1n[nH]c2c1CNCC2. The first-order chi connectivity index (χ1) is 11.7. The van der Waals surface area contributed by atoms with E-state index in [1.807, 2.05) is 25.1 Å². The predicted octanol–water partition coefficient (Wildman–Crippen LogP) is 2.03. The Balaban J connectivity index is 1.44. The van der Waals surface area contributed by atoms with Crippen LogP contribution in [0.2, 0.25) is 0 Å². The van der Waals surface area contributed by atoms with Gasteiger partial charge in [-0.2, -0.15) is 5.10 Å². The van der Waals surface area contributed by atoms with Crippen LogP contribution in [-0.4, -0.2) is 33.7 Å². The summed E-state index contributed by atoms with van der Waals surface area (Å²) in [4.78, 5) is 17.1. The number of thiazole rings is 1. The molecule has 2 aromatic heterocycles. The van der Waals surface area contributed by atoms with E-state index in [-0.39, 0.29) is 11.9 Å². The second-order valence-electron chi connectivity index (χ2n) is 6.11. The Morgan fingerprint density at radius 3 is 3.17 bits per heavy atom. The molecule has 6 nitrogen and oxygen atoms in total. The molecule has 7 heteroatoms. The molecule has 3 N–H and O–H groups in total. The van der Waals surface area contributed by atoms with Gasteiger partial charge < -0.3 is 10.6 Å². The lowest BCUT2D eigenvalue weighted by molar-refractivity contribution is 0.0934. The zero-order valence-electron chi connectivity index (χ0n) is 13.4. The number of nitrogens with one attached hydrogen (secondary N) is 3. The third-order valence-corrected chi connectivity index (χ3v) is 5.28. The molecule has 1 atom stereocenters. The zero-order chi connectivity index (χ0) is 16.5. The lowest BCUT2D eigenvalue weighted by Crippen LogP contribution is -2.35. The van der Waals surface area contributed by atoms with Gasteiger partial charge in [-0.3, -0.25) is 9.89 Å². The largest absolute Gasteiger partial charge is 0.348 e. The molecule has 1 unspecified atom stereocenters. The van der Waals surface area contributed by atoms with E-state index in [1.54, 1.807) is 11.3 Å². The van der Waals surface area contributed by atoms with E-state index in [0.717, 1.165) is 41.2 Å². The highest BCUT2D eigenvalue weighted by Crippen LogP contribution is 2.22. The Kier molecular flexibility index (Phi) is 4.03. The zero-order valence-corrected chi connectivity index (χ0v) is 14.2. The quantitative estimate of drug-likeness (QED) is 0.678. The maximum absolute atomic E-state index is 12.5. The van der Waals surface area contributed by atoms with Crippen LogP contribution in [0.4, 0.5) is 0 Å². The van der Waals surface area contributed by atoms with Gasteiger partial charge >= 0.3 is 0 Å². The first kappa shape index (κ1) is 15.3. The number of amides is 1. The van der Waals surface area contributed by atoms with Crippen molar-refractivity contribution < 1.29 is 4.79 Å². The summed E-state index contributed by atoms with van der Waals surface area (Å²) in [5.41, 5.74) is 3.58. The number of hydrogen-bond acceptors (Lipinski definition) is 5. The number of H-pyrrole nitrogens is 1. The minimum Gasteiger partial charge on any atom is -0.348 e. The van der Waals surface area contributed by atoms with Gasteiger partial charge in [0.15, 0.2) is 5.69 Å². The van der Waals surface area contributed by atoms with Gasteiger partial charge in [0.1, 0.15) is 0 Å². The van der Waals surface area contributed by atoms with Crippen molar-refractivity contribution in [3.8, 4) is 0 Å². The summed E-state index contributed by atoms with van der Waals surface area (Å²) in [6, 6.07) is 8.10. The van der Waals surface area contributed by atoms with E-state index in [0.29, 0.717) is 12.2 Å². The molecule has 24 heavy (non-hydrogen) atoms. The van der Waals surface area contributed by atoms with Gasteiger partial charge in [0.05, 0.1) is 15.2 Å². The van der Waals surface area contributed by atoms with Crippen molar-refractivity contribution in [2.45, 2.75) is 32.4 Å². The molecule has 1 amide bonds. The van der Waals surface area contributed by atoms with E-state index in [9.17, 15) is 4.79 Å². The fourth-order valence-electron chi connectivity index (χ4n) is 3.03. The van der Waals surface area contributed by atoms with Crippen molar-refractivity contribution in [1.29, 1.82) is 0 Å². The average Bonchev–Trinajstić information content (AvgIpc) is 3.17. The summed E-state index contributed by atoms with van der Waals surface area (Å²) in [6.45, 7) is 3.62. The van der Waals surface area contributed by atoms with Crippen molar-refractivity contribution >= 4 is 27.5 Å². The van der Waals surface area contributed by atoms with Crippen LogP contribution >= 0.6 is 11.3 Å². The van der Waals surface area contributed by atoms with Gasteiger partial charge in [0.2, 0.25) is 0 Å². The van der Waals surface area contributed by atoms with Crippen LogP contribution in [-0.2, 0) is 19.4 Å². The number of carbonyl (C=O) groups excluding carboxylic acids is 1. The summed E-state index contributed by atoms with van der Waals surface area (Å²) in [5.74, 6) is -0.121. The maximum Gasteiger partial charge on any atom is 0.272 e. The topological polar surface area (TPSA) is 82.7 Å². The second kappa shape index (κ2) is 6.33. The van der Waals surface area contributed by atoms with Crippen LogP contribution in [0.15, 0.2) is 24.3 Å². The number of fused-ring (bicyclic) bond motifs is 2. The molecule has 0 bridgehead atoms. The molecule has 3 heterocycles. The highest BCUT2D eigenvalue weighted by Gasteiger charge is 2.22. The van der Waals surface area contributed by atoms with Crippen molar-refractivity contribution in [3.05, 3.63) is 46.2 Å². The third kappa shape index (κ3) is 2.92. The lowest BCUT2D eigenvalue weighted by Gasteiger charge is -2.15. The summed E-state index contributed by atoms with van der Waals surface area (Å²) in [6.07, 6.45) is 1.60. The number of para-hydroxylation sites is 1. The Morgan fingerprint density at radius 2 is 2.29 bits per heavy atom. The molecule has 0 fully saturated rings. The highest BCUT2D eigenvalue weighted by atomic mass is 32.1. The number of rotatable bonds is 4.